The Morgan fingerprint density at radius 1 is 1.28 bits per heavy atom. The molecule has 0 saturated carbocycles. The number of aromatic nitrogens is 3. The van der Waals surface area contributed by atoms with Gasteiger partial charge in [0, 0.05) is 32.0 Å². The van der Waals surface area contributed by atoms with Gasteiger partial charge >= 0.3 is 0 Å². The molecule has 6 nitrogen and oxygen atoms in total. The molecule has 0 aliphatic rings. The molecule has 0 unspecified atom stereocenters. The standard InChI is InChI=1S/C19H30N6/c1-6-8-11-24(5)19(20-7-2)22-14-17-9-10-18(21-13-17)25-16(4)12-15(3)23-25/h9-10,12-13H,6-8,11,14H2,1-5H3,(H,20,22). The van der Waals surface area contributed by atoms with E-state index in [2.05, 4.69) is 53.3 Å². The van der Waals surface area contributed by atoms with Gasteiger partial charge < -0.3 is 10.2 Å². The maximum Gasteiger partial charge on any atom is 0.193 e. The zero-order valence-corrected chi connectivity index (χ0v) is 16.1. The fraction of sp³-hybridized carbons (Fsp3) is 0.526. The lowest BCUT2D eigenvalue weighted by Gasteiger charge is -2.21. The minimum Gasteiger partial charge on any atom is -0.357 e. The summed E-state index contributed by atoms with van der Waals surface area (Å²) in [6.07, 6.45) is 4.23. The first kappa shape index (κ1) is 19.0. The highest BCUT2D eigenvalue weighted by Crippen LogP contribution is 2.11. The van der Waals surface area contributed by atoms with Crippen LogP contribution in [-0.4, -0.2) is 45.8 Å². The SMILES string of the molecule is CCCCN(C)C(=NCc1ccc(-n2nc(C)cc2C)nc1)NCC. The zero-order chi connectivity index (χ0) is 18.2. The topological polar surface area (TPSA) is 58.3 Å². The first-order chi connectivity index (χ1) is 12.0. The Labute approximate surface area is 151 Å². The van der Waals surface area contributed by atoms with Crippen molar-refractivity contribution in [2.45, 2.75) is 47.1 Å². The van der Waals surface area contributed by atoms with E-state index in [-0.39, 0.29) is 0 Å². The number of nitrogens with zero attached hydrogens (tertiary/aromatic N) is 5. The largest absolute Gasteiger partial charge is 0.357 e. The number of pyridine rings is 1. The van der Waals surface area contributed by atoms with E-state index in [9.17, 15) is 0 Å². The summed E-state index contributed by atoms with van der Waals surface area (Å²) in [6.45, 7) is 10.8. The first-order valence-corrected chi connectivity index (χ1v) is 9.03. The van der Waals surface area contributed by atoms with Gasteiger partial charge in [-0.05, 0) is 44.9 Å². The summed E-state index contributed by atoms with van der Waals surface area (Å²) in [5.74, 6) is 1.78. The summed E-state index contributed by atoms with van der Waals surface area (Å²) in [5, 5.41) is 7.82. The average Bonchev–Trinajstić information content (AvgIpc) is 2.95. The van der Waals surface area contributed by atoms with Crippen molar-refractivity contribution in [1.29, 1.82) is 0 Å². The lowest BCUT2D eigenvalue weighted by Crippen LogP contribution is -2.39. The molecule has 0 atom stereocenters. The summed E-state index contributed by atoms with van der Waals surface area (Å²) >= 11 is 0. The highest BCUT2D eigenvalue weighted by molar-refractivity contribution is 5.79. The lowest BCUT2D eigenvalue weighted by molar-refractivity contribution is 0.465. The second-order valence-corrected chi connectivity index (χ2v) is 6.31. The summed E-state index contributed by atoms with van der Waals surface area (Å²) in [5.41, 5.74) is 3.17. The van der Waals surface area contributed by atoms with Crippen LogP contribution in [0.15, 0.2) is 29.4 Å². The number of rotatable bonds is 7. The third-order valence-electron chi connectivity index (χ3n) is 3.99. The third kappa shape index (κ3) is 5.31. The Morgan fingerprint density at radius 3 is 2.64 bits per heavy atom. The minimum absolute atomic E-state index is 0.614. The molecule has 1 N–H and O–H groups in total. The van der Waals surface area contributed by atoms with E-state index in [1.54, 1.807) is 0 Å². The molecule has 2 rings (SSSR count). The first-order valence-electron chi connectivity index (χ1n) is 9.03. The third-order valence-corrected chi connectivity index (χ3v) is 3.99. The molecule has 0 saturated heterocycles. The van der Waals surface area contributed by atoms with E-state index in [4.69, 9.17) is 4.99 Å². The number of aliphatic imine (C=N–C) groups is 1. The lowest BCUT2D eigenvalue weighted by atomic mass is 10.3. The molecule has 0 spiro atoms. The summed E-state index contributed by atoms with van der Waals surface area (Å²) in [6, 6.07) is 6.12. The molecule has 0 aromatic carbocycles. The van der Waals surface area contributed by atoms with E-state index in [1.807, 2.05) is 30.8 Å². The van der Waals surface area contributed by atoms with Gasteiger partial charge in [0.05, 0.1) is 12.2 Å². The number of unbranched alkanes of at least 4 members (excludes halogenated alkanes) is 1. The molecule has 2 aromatic rings. The van der Waals surface area contributed by atoms with E-state index < -0.39 is 0 Å². The highest BCUT2D eigenvalue weighted by atomic mass is 15.3. The molecular formula is C19H30N6. The Hall–Kier alpha value is -2.37. The van der Waals surface area contributed by atoms with Gasteiger partial charge in [0.2, 0.25) is 0 Å². The second kappa shape index (κ2) is 9.20. The number of hydrogen-bond acceptors (Lipinski definition) is 3. The van der Waals surface area contributed by atoms with E-state index >= 15 is 0 Å². The van der Waals surface area contributed by atoms with Crippen LogP contribution in [0.4, 0.5) is 0 Å². The number of nitrogens with one attached hydrogen (secondary N) is 1. The number of guanidine groups is 1. The molecule has 0 radical (unpaired) electrons. The van der Waals surface area contributed by atoms with Crippen molar-refractivity contribution < 1.29 is 0 Å². The van der Waals surface area contributed by atoms with Crippen molar-refractivity contribution in [3.8, 4) is 5.82 Å². The van der Waals surface area contributed by atoms with Crippen LogP contribution in [0.2, 0.25) is 0 Å². The Kier molecular flexibility index (Phi) is 6.98. The molecule has 25 heavy (non-hydrogen) atoms. The maximum atomic E-state index is 4.73. The molecule has 2 heterocycles. The van der Waals surface area contributed by atoms with Crippen molar-refractivity contribution in [2.75, 3.05) is 20.1 Å². The monoisotopic (exact) mass is 342 g/mol. The maximum absolute atomic E-state index is 4.73. The van der Waals surface area contributed by atoms with E-state index in [0.717, 1.165) is 41.8 Å². The molecule has 6 heteroatoms. The van der Waals surface area contributed by atoms with Crippen LogP contribution in [0.5, 0.6) is 0 Å². The highest BCUT2D eigenvalue weighted by Gasteiger charge is 2.06. The van der Waals surface area contributed by atoms with Crippen LogP contribution in [0.3, 0.4) is 0 Å². The van der Waals surface area contributed by atoms with Crippen molar-refractivity contribution in [1.82, 2.24) is 25.0 Å². The average molecular weight is 342 g/mol. The van der Waals surface area contributed by atoms with Gasteiger partial charge in [-0.15, -0.1) is 0 Å². The van der Waals surface area contributed by atoms with Gasteiger partial charge in [0.25, 0.3) is 0 Å². The summed E-state index contributed by atoms with van der Waals surface area (Å²) in [4.78, 5) is 11.5. The number of hydrogen-bond donors (Lipinski definition) is 1. The summed E-state index contributed by atoms with van der Waals surface area (Å²) in [7, 11) is 2.08. The molecule has 0 aliphatic carbocycles. The van der Waals surface area contributed by atoms with Gasteiger partial charge in [-0.2, -0.15) is 5.10 Å². The quantitative estimate of drug-likeness (QED) is 0.620. The molecule has 136 valence electrons. The normalized spacial score (nSPS) is 11.6. The van der Waals surface area contributed by atoms with Gasteiger partial charge in [-0.1, -0.05) is 19.4 Å². The summed E-state index contributed by atoms with van der Waals surface area (Å²) < 4.78 is 1.87. The van der Waals surface area contributed by atoms with Crippen LogP contribution in [-0.2, 0) is 6.54 Å². The molecule has 0 fully saturated rings. The fourth-order valence-electron chi connectivity index (χ4n) is 2.63. The van der Waals surface area contributed by atoms with Gasteiger partial charge in [-0.3, -0.25) is 0 Å². The predicted octanol–water partition coefficient (Wildman–Crippen LogP) is 3.08. The van der Waals surface area contributed by atoms with Crippen LogP contribution in [0.1, 0.15) is 43.6 Å². The smallest absolute Gasteiger partial charge is 0.193 e. The van der Waals surface area contributed by atoms with Crippen molar-refractivity contribution in [3.05, 3.63) is 41.3 Å². The van der Waals surface area contributed by atoms with Crippen LogP contribution < -0.4 is 5.32 Å². The molecular weight excluding hydrogens is 312 g/mol. The fourth-order valence-corrected chi connectivity index (χ4v) is 2.63. The van der Waals surface area contributed by atoms with Crippen LogP contribution >= 0.6 is 0 Å². The second-order valence-electron chi connectivity index (χ2n) is 6.31. The Bertz CT molecular complexity index is 686. The van der Waals surface area contributed by atoms with Crippen LogP contribution in [0.25, 0.3) is 5.82 Å². The van der Waals surface area contributed by atoms with E-state index in [0.29, 0.717) is 6.54 Å². The van der Waals surface area contributed by atoms with Crippen molar-refractivity contribution in [3.63, 3.8) is 0 Å². The van der Waals surface area contributed by atoms with Gasteiger partial charge in [-0.25, -0.2) is 14.7 Å². The van der Waals surface area contributed by atoms with Crippen LogP contribution in [0, 0.1) is 13.8 Å². The van der Waals surface area contributed by atoms with E-state index in [1.165, 1.54) is 12.8 Å². The molecule has 0 amide bonds. The Morgan fingerprint density at radius 2 is 2.08 bits per heavy atom. The van der Waals surface area contributed by atoms with Crippen molar-refractivity contribution in [2.24, 2.45) is 4.99 Å². The van der Waals surface area contributed by atoms with Crippen molar-refractivity contribution >= 4 is 5.96 Å². The number of aryl methyl sites for hydroxylation is 2. The minimum atomic E-state index is 0.614. The molecule has 0 bridgehead atoms. The molecule has 0 aliphatic heterocycles. The zero-order valence-electron chi connectivity index (χ0n) is 16.1. The van der Waals surface area contributed by atoms with Gasteiger partial charge in [0.15, 0.2) is 11.8 Å². The Balaban J connectivity index is 2.07. The predicted molar refractivity (Wildman–Crippen MR) is 103 cm³/mol. The molecule has 2 aromatic heterocycles. The van der Waals surface area contributed by atoms with Gasteiger partial charge in [0.1, 0.15) is 0 Å².